The first kappa shape index (κ1) is 22.6. The summed E-state index contributed by atoms with van der Waals surface area (Å²) < 4.78 is 0. The van der Waals surface area contributed by atoms with Gasteiger partial charge in [-0.25, -0.2) is 4.79 Å². The Kier molecular flexibility index (Phi) is 9.14. The molecule has 152 valence electrons. The first-order valence-electron chi connectivity index (χ1n) is 8.57. The lowest BCUT2D eigenvalue weighted by molar-refractivity contribution is -0.143. The van der Waals surface area contributed by atoms with Crippen molar-refractivity contribution in [3.63, 3.8) is 0 Å². The van der Waals surface area contributed by atoms with Crippen LogP contribution in [0.2, 0.25) is 0 Å². The zero-order chi connectivity index (χ0) is 21.1. The maximum Gasteiger partial charge on any atom is 0.326 e. The van der Waals surface area contributed by atoms with Gasteiger partial charge in [0.05, 0.1) is 13.0 Å². The highest BCUT2D eigenvalue weighted by molar-refractivity contribution is 5.94. The molecule has 0 radical (unpaired) electrons. The molecule has 2 unspecified atom stereocenters. The van der Waals surface area contributed by atoms with Gasteiger partial charge < -0.3 is 26.2 Å². The number of carboxylic acids is 2. The first-order chi connectivity index (χ1) is 13.2. The van der Waals surface area contributed by atoms with Gasteiger partial charge in [0.2, 0.25) is 17.7 Å². The summed E-state index contributed by atoms with van der Waals surface area (Å²) in [5.41, 5.74) is 0.663. The molecule has 0 saturated heterocycles. The average Bonchev–Trinajstić information content (AvgIpc) is 2.65. The molecule has 0 aromatic heterocycles. The molecule has 0 fully saturated rings. The molecule has 0 aliphatic heterocycles. The van der Waals surface area contributed by atoms with Crippen molar-refractivity contribution in [3.8, 4) is 0 Å². The fraction of sp³-hybridized carbons (Fsp3) is 0.389. The van der Waals surface area contributed by atoms with Crippen LogP contribution < -0.4 is 16.0 Å². The minimum Gasteiger partial charge on any atom is -0.481 e. The van der Waals surface area contributed by atoms with E-state index >= 15 is 0 Å². The number of rotatable bonds is 11. The van der Waals surface area contributed by atoms with E-state index < -0.39 is 48.8 Å². The van der Waals surface area contributed by atoms with E-state index in [-0.39, 0.29) is 18.7 Å². The van der Waals surface area contributed by atoms with E-state index in [1.807, 2.05) is 0 Å². The number of carbonyl (C=O) groups excluding carboxylic acids is 3. The van der Waals surface area contributed by atoms with Gasteiger partial charge in [-0.05, 0) is 5.56 Å². The molecule has 1 aromatic carbocycles. The van der Waals surface area contributed by atoms with Crippen LogP contribution in [0.25, 0.3) is 0 Å². The number of hydrogen-bond donors (Lipinski definition) is 5. The quantitative estimate of drug-likeness (QED) is 0.331. The Morgan fingerprint density at radius 1 is 0.929 bits per heavy atom. The average molecular weight is 393 g/mol. The molecule has 0 saturated carbocycles. The SMILES string of the molecule is CCC(=O)NCC(=O)NC(CC(=O)O)C(=O)NC(Cc1ccccc1)C(=O)O. The molecule has 0 bridgehead atoms. The van der Waals surface area contributed by atoms with Gasteiger partial charge in [-0.3, -0.25) is 19.2 Å². The molecule has 2 atom stereocenters. The third-order valence-electron chi connectivity index (χ3n) is 3.69. The summed E-state index contributed by atoms with van der Waals surface area (Å²) in [4.78, 5) is 57.9. The van der Waals surface area contributed by atoms with Gasteiger partial charge in [0, 0.05) is 12.8 Å². The predicted molar refractivity (Wildman–Crippen MR) is 97.2 cm³/mol. The maximum absolute atomic E-state index is 12.4. The molecule has 28 heavy (non-hydrogen) atoms. The number of aliphatic carboxylic acids is 2. The lowest BCUT2D eigenvalue weighted by Gasteiger charge is -2.20. The number of amides is 3. The third kappa shape index (κ3) is 8.30. The van der Waals surface area contributed by atoms with Crippen LogP contribution in [0, 0.1) is 0 Å². The van der Waals surface area contributed by atoms with Gasteiger partial charge in [0.15, 0.2) is 0 Å². The topological polar surface area (TPSA) is 162 Å². The van der Waals surface area contributed by atoms with Crippen molar-refractivity contribution >= 4 is 29.7 Å². The van der Waals surface area contributed by atoms with E-state index in [1.54, 1.807) is 37.3 Å². The number of hydrogen-bond acceptors (Lipinski definition) is 5. The van der Waals surface area contributed by atoms with Crippen LogP contribution in [-0.2, 0) is 30.4 Å². The Morgan fingerprint density at radius 2 is 1.57 bits per heavy atom. The van der Waals surface area contributed by atoms with E-state index in [0.717, 1.165) is 0 Å². The molecule has 0 heterocycles. The Morgan fingerprint density at radius 3 is 2.11 bits per heavy atom. The molecular weight excluding hydrogens is 370 g/mol. The zero-order valence-electron chi connectivity index (χ0n) is 15.3. The molecule has 1 aromatic rings. The molecule has 10 nitrogen and oxygen atoms in total. The molecule has 0 spiro atoms. The van der Waals surface area contributed by atoms with Gasteiger partial charge in [-0.2, -0.15) is 0 Å². The summed E-state index contributed by atoms with van der Waals surface area (Å²) in [5, 5.41) is 25.0. The monoisotopic (exact) mass is 393 g/mol. The molecule has 10 heteroatoms. The van der Waals surface area contributed by atoms with Crippen molar-refractivity contribution in [1.29, 1.82) is 0 Å². The maximum atomic E-state index is 12.4. The van der Waals surface area contributed by atoms with Crippen LogP contribution in [0.3, 0.4) is 0 Å². The van der Waals surface area contributed by atoms with Crippen molar-refractivity contribution in [3.05, 3.63) is 35.9 Å². The smallest absolute Gasteiger partial charge is 0.326 e. The molecular formula is C18H23N3O7. The number of carboxylic acid groups (broad SMARTS) is 2. The summed E-state index contributed by atoms with van der Waals surface area (Å²) in [6.07, 6.45) is -0.592. The highest BCUT2D eigenvalue weighted by atomic mass is 16.4. The van der Waals surface area contributed by atoms with Gasteiger partial charge in [-0.1, -0.05) is 37.3 Å². The summed E-state index contributed by atoms with van der Waals surface area (Å²) >= 11 is 0. The largest absolute Gasteiger partial charge is 0.481 e. The van der Waals surface area contributed by atoms with Crippen molar-refractivity contribution in [1.82, 2.24) is 16.0 Å². The van der Waals surface area contributed by atoms with Gasteiger partial charge in [-0.15, -0.1) is 0 Å². The van der Waals surface area contributed by atoms with Gasteiger partial charge in [0.25, 0.3) is 0 Å². The van der Waals surface area contributed by atoms with E-state index in [4.69, 9.17) is 5.11 Å². The highest BCUT2D eigenvalue weighted by Crippen LogP contribution is 2.04. The van der Waals surface area contributed by atoms with Gasteiger partial charge >= 0.3 is 11.9 Å². The summed E-state index contributed by atoms with van der Waals surface area (Å²) in [7, 11) is 0. The lowest BCUT2D eigenvalue weighted by atomic mass is 10.1. The van der Waals surface area contributed by atoms with Crippen LogP contribution >= 0.6 is 0 Å². The van der Waals surface area contributed by atoms with Crippen LogP contribution in [-0.4, -0.2) is 58.5 Å². The number of nitrogens with one attached hydrogen (secondary N) is 3. The number of carbonyl (C=O) groups is 5. The van der Waals surface area contributed by atoms with Crippen molar-refractivity contribution in [2.45, 2.75) is 38.3 Å². The standard InChI is InChI=1S/C18H23N3O7/c1-2-14(22)19-10-15(23)20-12(9-16(24)25)17(26)21-13(18(27)28)8-11-6-4-3-5-7-11/h3-7,12-13H,2,8-10H2,1H3,(H,19,22)(H,20,23)(H,21,26)(H,24,25)(H,27,28). The molecule has 0 aliphatic rings. The zero-order valence-corrected chi connectivity index (χ0v) is 15.3. The second-order valence-electron chi connectivity index (χ2n) is 5.94. The third-order valence-corrected chi connectivity index (χ3v) is 3.69. The van der Waals surface area contributed by atoms with Crippen LogP contribution in [0.15, 0.2) is 30.3 Å². The second kappa shape index (κ2) is 11.3. The highest BCUT2D eigenvalue weighted by Gasteiger charge is 2.28. The molecule has 1 rings (SSSR count). The molecule has 0 aliphatic carbocycles. The Balaban J connectivity index is 2.77. The molecule has 3 amide bonds. The van der Waals surface area contributed by atoms with Crippen molar-refractivity contribution in [2.75, 3.05) is 6.54 Å². The summed E-state index contributed by atoms with van der Waals surface area (Å²) in [5.74, 6) is -4.75. The van der Waals surface area contributed by atoms with Crippen LogP contribution in [0.5, 0.6) is 0 Å². The van der Waals surface area contributed by atoms with E-state index in [0.29, 0.717) is 5.56 Å². The first-order valence-corrected chi connectivity index (χ1v) is 8.57. The van der Waals surface area contributed by atoms with Crippen molar-refractivity contribution < 1.29 is 34.2 Å². The Bertz CT molecular complexity index is 721. The summed E-state index contributed by atoms with van der Waals surface area (Å²) in [6, 6.07) is 5.78. The van der Waals surface area contributed by atoms with E-state index in [9.17, 15) is 29.1 Å². The van der Waals surface area contributed by atoms with E-state index in [1.165, 1.54) is 0 Å². The van der Waals surface area contributed by atoms with Crippen LogP contribution in [0.4, 0.5) is 0 Å². The lowest BCUT2D eigenvalue weighted by Crippen LogP contribution is -2.54. The molecule has 5 N–H and O–H groups in total. The van der Waals surface area contributed by atoms with E-state index in [2.05, 4.69) is 16.0 Å². The number of benzene rings is 1. The van der Waals surface area contributed by atoms with Crippen molar-refractivity contribution in [2.24, 2.45) is 0 Å². The fourth-order valence-electron chi connectivity index (χ4n) is 2.26. The summed E-state index contributed by atoms with van der Waals surface area (Å²) in [6.45, 7) is 1.16. The second-order valence-corrected chi connectivity index (χ2v) is 5.94. The normalized spacial score (nSPS) is 12.3. The predicted octanol–water partition coefficient (Wildman–Crippen LogP) is -0.716. The minimum absolute atomic E-state index is 0.0117. The van der Waals surface area contributed by atoms with Gasteiger partial charge in [0.1, 0.15) is 12.1 Å². The fourth-order valence-corrected chi connectivity index (χ4v) is 2.26. The Labute approximate surface area is 161 Å². The minimum atomic E-state index is -1.49. The van der Waals surface area contributed by atoms with Crippen LogP contribution in [0.1, 0.15) is 25.3 Å². The Hall–Kier alpha value is -3.43.